The number of rotatable bonds is 6. The lowest BCUT2D eigenvalue weighted by molar-refractivity contribution is -0.139. The van der Waals surface area contributed by atoms with Crippen molar-refractivity contribution in [1.29, 1.82) is 0 Å². The molecule has 1 heterocycles. The lowest BCUT2D eigenvalue weighted by Gasteiger charge is -2.15. The maximum absolute atomic E-state index is 13.9. The second kappa shape index (κ2) is 6.89. The lowest BCUT2D eigenvalue weighted by atomic mass is 10.0. The van der Waals surface area contributed by atoms with Gasteiger partial charge in [-0.25, -0.2) is 4.39 Å². The zero-order chi connectivity index (χ0) is 16.3. The average Bonchev–Trinajstić information content (AvgIpc) is 2.78. The highest BCUT2D eigenvalue weighted by molar-refractivity contribution is 6.30. The number of aryl methyl sites for hydroxylation is 2. The molecule has 0 bridgehead atoms. The molecule has 0 radical (unpaired) electrons. The Hall–Kier alpha value is -1.92. The molecule has 0 aliphatic carbocycles. The van der Waals surface area contributed by atoms with E-state index in [2.05, 4.69) is 10.5 Å². The van der Waals surface area contributed by atoms with Crippen LogP contribution in [0.2, 0.25) is 5.02 Å². The molecule has 0 saturated carbocycles. The van der Waals surface area contributed by atoms with E-state index in [1.807, 2.05) is 0 Å². The fourth-order valence-electron chi connectivity index (χ4n) is 2.15. The summed E-state index contributed by atoms with van der Waals surface area (Å²) in [6.07, 6.45) is -0.00883. The van der Waals surface area contributed by atoms with Crippen molar-refractivity contribution in [3.63, 3.8) is 0 Å². The van der Waals surface area contributed by atoms with Crippen LogP contribution in [0, 0.1) is 19.7 Å². The number of hydrogen-bond donors (Lipinski definition) is 2. The van der Waals surface area contributed by atoms with Gasteiger partial charge in [-0.1, -0.05) is 28.9 Å². The molecule has 0 amide bonds. The molecule has 0 spiro atoms. The van der Waals surface area contributed by atoms with Crippen LogP contribution < -0.4 is 5.32 Å². The predicted molar refractivity (Wildman–Crippen MR) is 79.4 cm³/mol. The van der Waals surface area contributed by atoms with E-state index in [1.165, 1.54) is 12.1 Å². The van der Waals surface area contributed by atoms with Gasteiger partial charge in [0.1, 0.15) is 17.6 Å². The second-order valence-corrected chi connectivity index (χ2v) is 5.40. The monoisotopic (exact) mass is 326 g/mol. The summed E-state index contributed by atoms with van der Waals surface area (Å²) in [5.74, 6) is -1.02. The first-order valence-corrected chi connectivity index (χ1v) is 7.08. The smallest absolute Gasteiger partial charge is 0.321 e. The summed E-state index contributed by atoms with van der Waals surface area (Å²) in [6, 6.07) is 3.59. The van der Waals surface area contributed by atoms with E-state index in [4.69, 9.17) is 16.1 Å². The lowest BCUT2D eigenvalue weighted by Crippen LogP contribution is -2.38. The third-order valence-corrected chi connectivity index (χ3v) is 3.75. The van der Waals surface area contributed by atoms with Crippen molar-refractivity contribution >= 4 is 17.6 Å². The molecule has 2 rings (SSSR count). The number of carboxylic acids is 1. The first-order valence-electron chi connectivity index (χ1n) is 6.71. The molecule has 2 aromatic rings. The standard InChI is InChI=1S/C15H16ClFN2O3/c1-8-11(9(2)22-19-8)7-18-13(15(20)21)6-10-4-3-5-12(16)14(10)17/h3-5,13,18H,6-7H2,1-2H3,(H,20,21)/t13-/m0/s1. The molecule has 1 aromatic heterocycles. The van der Waals surface area contributed by atoms with Crippen molar-refractivity contribution in [3.8, 4) is 0 Å². The van der Waals surface area contributed by atoms with Crippen molar-refractivity contribution in [2.45, 2.75) is 32.9 Å². The molecule has 0 saturated heterocycles. The van der Waals surface area contributed by atoms with Crippen LogP contribution in [0.5, 0.6) is 0 Å². The van der Waals surface area contributed by atoms with Crippen molar-refractivity contribution in [1.82, 2.24) is 10.5 Å². The van der Waals surface area contributed by atoms with Crippen LogP contribution >= 0.6 is 11.6 Å². The van der Waals surface area contributed by atoms with Crippen LogP contribution in [0.15, 0.2) is 22.7 Å². The number of carboxylic acid groups (broad SMARTS) is 1. The van der Waals surface area contributed by atoms with Crippen LogP contribution in [0.4, 0.5) is 4.39 Å². The third kappa shape index (κ3) is 3.64. The molecule has 22 heavy (non-hydrogen) atoms. The summed E-state index contributed by atoms with van der Waals surface area (Å²) in [6.45, 7) is 3.81. The molecule has 1 atom stereocenters. The number of nitrogens with one attached hydrogen (secondary N) is 1. The number of aliphatic carboxylic acids is 1. The minimum atomic E-state index is -1.06. The normalized spacial score (nSPS) is 12.4. The van der Waals surface area contributed by atoms with E-state index in [9.17, 15) is 14.3 Å². The molecular formula is C15H16ClFN2O3. The molecule has 0 aliphatic heterocycles. The fraction of sp³-hybridized carbons (Fsp3) is 0.333. The summed E-state index contributed by atoms with van der Waals surface area (Å²) < 4.78 is 18.9. The Kier molecular flexibility index (Phi) is 5.15. The van der Waals surface area contributed by atoms with Crippen molar-refractivity contribution in [3.05, 3.63) is 51.6 Å². The molecule has 5 nitrogen and oxygen atoms in total. The highest BCUT2D eigenvalue weighted by atomic mass is 35.5. The second-order valence-electron chi connectivity index (χ2n) is 4.99. The minimum Gasteiger partial charge on any atom is -0.480 e. The van der Waals surface area contributed by atoms with Gasteiger partial charge in [-0.05, 0) is 25.5 Å². The first kappa shape index (κ1) is 16.5. The van der Waals surface area contributed by atoms with E-state index >= 15 is 0 Å². The molecule has 2 N–H and O–H groups in total. The van der Waals surface area contributed by atoms with Gasteiger partial charge < -0.3 is 9.63 Å². The Balaban J connectivity index is 2.11. The highest BCUT2D eigenvalue weighted by Gasteiger charge is 2.21. The summed E-state index contributed by atoms with van der Waals surface area (Å²) in [7, 11) is 0. The number of aromatic nitrogens is 1. The van der Waals surface area contributed by atoms with Gasteiger partial charge in [-0.2, -0.15) is 0 Å². The van der Waals surface area contributed by atoms with Gasteiger partial charge >= 0.3 is 5.97 Å². The van der Waals surface area contributed by atoms with Crippen LogP contribution in [0.1, 0.15) is 22.6 Å². The number of halogens is 2. The third-order valence-electron chi connectivity index (χ3n) is 3.46. The van der Waals surface area contributed by atoms with E-state index < -0.39 is 17.8 Å². The van der Waals surface area contributed by atoms with Crippen LogP contribution in [-0.2, 0) is 17.8 Å². The number of carbonyl (C=O) groups is 1. The molecule has 7 heteroatoms. The van der Waals surface area contributed by atoms with Gasteiger partial charge in [0.15, 0.2) is 0 Å². The highest BCUT2D eigenvalue weighted by Crippen LogP contribution is 2.19. The van der Waals surface area contributed by atoms with Gasteiger partial charge in [0.2, 0.25) is 0 Å². The van der Waals surface area contributed by atoms with Crippen molar-refractivity contribution < 1.29 is 18.8 Å². The maximum atomic E-state index is 13.9. The largest absolute Gasteiger partial charge is 0.480 e. The molecule has 1 aromatic carbocycles. The summed E-state index contributed by atoms with van der Waals surface area (Å²) in [4.78, 5) is 11.4. The topological polar surface area (TPSA) is 75.4 Å². The Morgan fingerprint density at radius 3 is 2.82 bits per heavy atom. The number of benzene rings is 1. The molecule has 118 valence electrons. The summed E-state index contributed by atoms with van der Waals surface area (Å²) in [5.41, 5.74) is 1.76. The van der Waals surface area contributed by atoms with Crippen LogP contribution in [0.3, 0.4) is 0 Å². The Bertz CT molecular complexity index is 668. The van der Waals surface area contributed by atoms with Gasteiger partial charge in [-0.3, -0.25) is 10.1 Å². The number of nitrogens with zero attached hydrogens (tertiary/aromatic N) is 1. The Labute approximate surface area is 132 Å². The molecule has 0 fully saturated rings. The first-order chi connectivity index (χ1) is 10.4. The minimum absolute atomic E-state index is 0.00883. The number of hydrogen-bond acceptors (Lipinski definition) is 4. The van der Waals surface area contributed by atoms with Gasteiger partial charge in [-0.15, -0.1) is 0 Å². The molecule has 0 unspecified atom stereocenters. The van der Waals surface area contributed by atoms with E-state index in [1.54, 1.807) is 19.9 Å². The summed E-state index contributed by atoms with van der Waals surface area (Å²) >= 11 is 5.71. The molecular weight excluding hydrogens is 311 g/mol. The fourth-order valence-corrected chi connectivity index (χ4v) is 2.35. The van der Waals surface area contributed by atoms with Crippen LogP contribution in [-0.4, -0.2) is 22.3 Å². The Morgan fingerprint density at radius 1 is 1.50 bits per heavy atom. The van der Waals surface area contributed by atoms with Crippen LogP contribution in [0.25, 0.3) is 0 Å². The molecule has 0 aliphatic rings. The SMILES string of the molecule is Cc1noc(C)c1CN[C@@H](Cc1cccc(Cl)c1F)C(=O)O. The van der Waals surface area contributed by atoms with E-state index in [-0.39, 0.29) is 23.6 Å². The summed E-state index contributed by atoms with van der Waals surface area (Å²) in [5, 5.41) is 16.0. The van der Waals surface area contributed by atoms with Gasteiger partial charge in [0.05, 0.1) is 10.7 Å². The van der Waals surface area contributed by atoms with Gasteiger partial charge in [0, 0.05) is 18.5 Å². The van der Waals surface area contributed by atoms with Crippen molar-refractivity contribution in [2.24, 2.45) is 0 Å². The zero-order valence-corrected chi connectivity index (χ0v) is 12.9. The van der Waals surface area contributed by atoms with E-state index in [0.717, 1.165) is 5.56 Å². The Morgan fingerprint density at radius 2 is 2.23 bits per heavy atom. The predicted octanol–water partition coefficient (Wildman–Crippen LogP) is 2.87. The van der Waals surface area contributed by atoms with E-state index in [0.29, 0.717) is 11.5 Å². The maximum Gasteiger partial charge on any atom is 0.321 e. The quantitative estimate of drug-likeness (QED) is 0.853. The average molecular weight is 327 g/mol. The van der Waals surface area contributed by atoms with Crippen molar-refractivity contribution in [2.75, 3.05) is 0 Å². The zero-order valence-electron chi connectivity index (χ0n) is 12.2. The van der Waals surface area contributed by atoms with Gasteiger partial charge in [0.25, 0.3) is 0 Å².